The Morgan fingerprint density at radius 3 is 2.56 bits per heavy atom. The van der Waals surface area contributed by atoms with E-state index in [2.05, 4.69) is 31.3 Å². The molecule has 27 heavy (non-hydrogen) atoms. The van der Waals surface area contributed by atoms with Gasteiger partial charge in [0.2, 0.25) is 5.91 Å². The minimum absolute atomic E-state index is 0.0827. The molecule has 0 saturated carbocycles. The van der Waals surface area contributed by atoms with Crippen LogP contribution >= 0.6 is 0 Å². The van der Waals surface area contributed by atoms with E-state index in [9.17, 15) is 9.59 Å². The molecule has 2 aromatic rings. The van der Waals surface area contributed by atoms with Gasteiger partial charge in [-0.3, -0.25) is 9.59 Å². The van der Waals surface area contributed by atoms with Crippen molar-refractivity contribution in [3.63, 3.8) is 0 Å². The maximum atomic E-state index is 12.9. The second kappa shape index (κ2) is 7.92. The Balaban J connectivity index is 1.79. The van der Waals surface area contributed by atoms with Gasteiger partial charge in [0.1, 0.15) is 6.61 Å². The Bertz CT molecular complexity index is 862. The molecule has 0 bridgehead atoms. The van der Waals surface area contributed by atoms with Gasteiger partial charge >= 0.3 is 0 Å². The van der Waals surface area contributed by atoms with Crippen LogP contribution in [0.1, 0.15) is 33.9 Å². The highest BCUT2D eigenvalue weighted by Gasteiger charge is 2.40. The van der Waals surface area contributed by atoms with Gasteiger partial charge in [-0.2, -0.15) is 0 Å². The zero-order valence-corrected chi connectivity index (χ0v) is 16.3. The molecule has 0 unspecified atom stereocenters. The summed E-state index contributed by atoms with van der Waals surface area (Å²) in [5, 5.41) is 2.97. The maximum Gasteiger partial charge on any atom is 0.251 e. The van der Waals surface area contributed by atoms with Crippen molar-refractivity contribution in [3.8, 4) is 0 Å². The number of aryl methyl sites for hydroxylation is 3. The Labute approximate surface area is 160 Å². The van der Waals surface area contributed by atoms with Gasteiger partial charge in [0, 0.05) is 13.6 Å². The van der Waals surface area contributed by atoms with Gasteiger partial charge in [-0.05, 0) is 48.6 Å². The SMILES string of the molecule is Cc1ccc(CNC(=O)[C@H]2OCC(=O)N(C)[C@@H]2c2ccccc2C)cc1C. The molecule has 0 aromatic heterocycles. The molecule has 2 atom stereocenters. The summed E-state index contributed by atoms with van der Waals surface area (Å²) in [5.41, 5.74) is 5.41. The fourth-order valence-corrected chi connectivity index (χ4v) is 3.42. The lowest BCUT2D eigenvalue weighted by atomic mass is 9.94. The summed E-state index contributed by atoms with van der Waals surface area (Å²) in [4.78, 5) is 26.7. The first-order valence-corrected chi connectivity index (χ1v) is 9.15. The van der Waals surface area contributed by atoms with Crippen molar-refractivity contribution < 1.29 is 14.3 Å². The zero-order chi connectivity index (χ0) is 19.6. The molecule has 0 radical (unpaired) electrons. The van der Waals surface area contributed by atoms with Crippen LogP contribution in [0.5, 0.6) is 0 Å². The maximum absolute atomic E-state index is 12.9. The minimum Gasteiger partial charge on any atom is -0.356 e. The lowest BCUT2D eigenvalue weighted by Crippen LogP contribution is -2.53. The number of nitrogens with zero attached hydrogens (tertiary/aromatic N) is 1. The molecule has 5 heteroatoms. The van der Waals surface area contributed by atoms with Crippen LogP contribution in [0.3, 0.4) is 0 Å². The van der Waals surface area contributed by atoms with Crippen LogP contribution < -0.4 is 5.32 Å². The monoisotopic (exact) mass is 366 g/mol. The van der Waals surface area contributed by atoms with Crippen LogP contribution in [0.25, 0.3) is 0 Å². The summed E-state index contributed by atoms with van der Waals surface area (Å²) in [6, 6.07) is 13.5. The molecular weight excluding hydrogens is 340 g/mol. The number of hydrogen-bond donors (Lipinski definition) is 1. The summed E-state index contributed by atoms with van der Waals surface area (Å²) in [5.74, 6) is -0.331. The molecule has 0 spiro atoms. The molecule has 5 nitrogen and oxygen atoms in total. The van der Waals surface area contributed by atoms with Gasteiger partial charge in [0.25, 0.3) is 5.91 Å². The Kier molecular flexibility index (Phi) is 5.61. The van der Waals surface area contributed by atoms with E-state index in [0.29, 0.717) is 6.54 Å². The Morgan fingerprint density at radius 1 is 1.11 bits per heavy atom. The molecule has 2 amide bonds. The molecular formula is C22H26N2O3. The van der Waals surface area contributed by atoms with E-state index in [4.69, 9.17) is 4.74 Å². The summed E-state index contributed by atoms with van der Waals surface area (Å²) in [6.45, 7) is 6.44. The number of ether oxygens (including phenoxy) is 1. The molecule has 1 N–H and O–H groups in total. The molecule has 3 rings (SSSR count). The number of nitrogens with one attached hydrogen (secondary N) is 1. The van der Waals surface area contributed by atoms with Crippen molar-refractivity contribution >= 4 is 11.8 Å². The topological polar surface area (TPSA) is 58.6 Å². The molecule has 0 aliphatic carbocycles. The number of likely N-dealkylation sites (N-methyl/N-ethyl adjacent to an activating group) is 1. The Hall–Kier alpha value is -2.66. The van der Waals surface area contributed by atoms with Crippen molar-refractivity contribution in [3.05, 3.63) is 70.3 Å². The molecule has 1 aliphatic rings. The van der Waals surface area contributed by atoms with E-state index in [1.165, 1.54) is 11.1 Å². The number of carbonyl (C=O) groups is 2. The van der Waals surface area contributed by atoms with Gasteiger partial charge in [-0.15, -0.1) is 0 Å². The molecule has 1 saturated heterocycles. The third kappa shape index (κ3) is 4.03. The first-order valence-electron chi connectivity index (χ1n) is 9.15. The van der Waals surface area contributed by atoms with E-state index < -0.39 is 12.1 Å². The number of carbonyl (C=O) groups excluding carboxylic acids is 2. The predicted molar refractivity (Wildman–Crippen MR) is 104 cm³/mol. The standard InChI is InChI=1S/C22H26N2O3/c1-14-9-10-17(11-16(14)3)12-23-22(26)21-20(24(4)19(25)13-27-21)18-8-6-5-7-15(18)2/h5-11,20-21H,12-13H2,1-4H3,(H,23,26)/t20-,21+/m1/s1. The first kappa shape index (κ1) is 19.1. The number of hydrogen-bond acceptors (Lipinski definition) is 3. The van der Waals surface area contributed by atoms with E-state index >= 15 is 0 Å². The summed E-state index contributed by atoms with van der Waals surface area (Å²) < 4.78 is 5.67. The fourth-order valence-electron chi connectivity index (χ4n) is 3.42. The highest BCUT2D eigenvalue weighted by Crippen LogP contribution is 2.31. The number of rotatable bonds is 4. The van der Waals surface area contributed by atoms with Crippen LogP contribution in [-0.4, -0.2) is 36.5 Å². The minimum atomic E-state index is -0.736. The number of benzene rings is 2. The molecule has 142 valence electrons. The average molecular weight is 366 g/mol. The lowest BCUT2D eigenvalue weighted by Gasteiger charge is -2.38. The number of morpholine rings is 1. The van der Waals surface area contributed by atoms with E-state index in [0.717, 1.165) is 16.7 Å². The van der Waals surface area contributed by atoms with Gasteiger partial charge in [0.05, 0.1) is 6.04 Å². The van der Waals surface area contributed by atoms with Crippen LogP contribution in [0, 0.1) is 20.8 Å². The predicted octanol–water partition coefficient (Wildman–Crippen LogP) is 2.83. The van der Waals surface area contributed by atoms with Crippen LogP contribution in [-0.2, 0) is 20.9 Å². The average Bonchev–Trinajstić information content (AvgIpc) is 2.65. The largest absolute Gasteiger partial charge is 0.356 e. The zero-order valence-electron chi connectivity index (χ0n) is 16.3. The lowest BCUT2D eigenvalue weighted by molar-refractivity contribution is -0.162. The van der Waals surface area contributed by atoms with E-state index in [1.54, 1.807) is 11.9 Å². The van der Waals surface area contributed by atoms with Gasteiger partial charge < -0.3 is 15.0 Å². The highest BCUT2D eigenvalue weighted by atomic mass is 16.5. The highest BCUT2D eigenvalue weighted by molar-refractivity contribution is 5.86. The third-order valence-corrected chi connectivity index (χ3v) is 5.29. The van der Waals surface area contributed by atoms with Crippen molar-refractivity contribution in [2.24, 2.45) is 0 Å². The first-order chi connectivity index (χ1) is 12.9. The quantitative estimate of drug-likeness (QED) is 0.905. The van der Waals surface area contributed by atoms with Crippen molar-refractivity contribution in [1.29, 1.82) is 0 Å². The third-order valence-electron chi connectivity index (χ3n) is 5.29. The van der Waals surface area contributed by atoms with Crippen molar-refractivity contribution in [2.45, 2.75) is 39.5 Å². The number of amides is 2. The van der Waals surface area contributed by atoms with Crippen molar-refractivity contribution in [1.82, 2.24) is 10.2 Å². The fraction of sp³-hybridized carbons (Fsp3) is 0.364. The molecule has 2 aromatic carbocycles. The normalized spacial score (nSPS) is 19.9. The second-order valence-electron chi connectivity index (χ2n) is 7.17. The smallest absolute Gasteiger partial charge is 0.251 e. The van der Waals surface area contributed by atoms with Crippen molar-refractivity contribution in [2.75, 3.05) is 13.7 Å². The van der Waals surface area contributed by atoms with Crippen LogP contribution in [0.2, 0.25) is 0 Å². The summed E-state index contributed by atoms with van der Waals surface area (Å²) in [7, 11) is 1.73. The van der Waals surface area contributed by atoms with Gasteiger partial charge in [-0.25, -0.2) is 0 Å². The van der Waals surface area contributed by atoms with E-state index in [1.807, 2.05) is 37.3 Å². The Morgan fingerprint density at radius 2 is 1.85 bits per heavy atom. The second-order valence-corrected chi connectivity index (χ2v) is 7.17. The van der Waals surface area contributed by atoms with Gasteiger partial charge in [-0.1, -0.05) is 42.5 Å². The van der Waals surface area contributed by atoms with Crippen LogP contribution in [0.15, 0.2) is 42.5 Å². The van der Waals surface area contributed by atoms with Gasteiger partial charge in [0.15, 0.2) is 6.10 Å². The molecule has 1 aliphatic heterocycles. The van der Waals surface area contributed by atoms with Crippen LogP contribution in [0.4, 0.5) is 0 Å². The molecule has 1 fully saturated rings. The van der Waals surface area contributed by atoms with E-state index in [-0.39, 0.29) is 18.4 Å². The molecule has 1 heterocycles. The summed E-state index contributed by atoms with van der Waals surface area (Å²) >= 11 is 0. The summed E-state index contributed by atoms with van der Waals surface area (Å²) in [6.07, 6.45) is -0.736.